The topological polar surface area (TPSA) is 112 Å². The number of amides is 1. The number of pyridine rings is 1. The molecule has 1 aromatic heterocycles. The lowest BCUT2D eigenvalue weighted by Gasteiger charge is -2.34. The molecule has 8 nitrogen and oxygen atoms in total. The molecule has 1 amide bonds. The number of aliphatic hydroxyl groups is 1. The largest absolute Gasteiger partial charge is 0.396 e. The fraction of sp³-hybridized carbons (Fsp3) is 0.556. The van der Waals surface area contributed by atoms with Crippen LogP contribution < -0.4 is 15.5 Å². The van der Waals surface area contributed by atoms with Crippen LogP contribution in [0.3, 0.4) is 0 Å². The van der Waals surface area contributed by atoms with Crippen LogP contribution in [0.1, 0.15) is 63.2 Å². The predicted octanol–water partition coefficient (Wildman–Crippen LogP) is 4.33. The molecule has 1 aliphatic heterocycles. The Morgan fingerprint density at radius 2 is 1.83 bits per heavy atom. The molecule has 4 rings (SSSR count). The average Bonchev–Trinajstić information content (AvgIpc) is 3.57. The summed E-state index contributed by atoms with van der Waals surface area (Å²) in [6.07, 6.45) is 5.40. The van der Waals surface area contributed by atoms with Crippen LogP contribution in [0.4, 0.5) is 17.3 Å². The van der Waals surface area contributed by atoms with Gasteiger partial charge < -0.3 is 20.6 Å². The highest BCUT2D eigenvalue weighted by Gasteiger charge is 2.45. The Kier molecular flexibility index (Phi) is 7.61. The van der Waals surface area contributed by atoms with Crippen molar-refractivity contribution in [3.05, 3.63) is 42.0 Å². The molecule has 9 heteroatoms. The molecule has 1 saturated carbocycles. The lowest BCUT2D eigenvalue weighted by atomic mass is 9.93. The fourth-order valence-corrected chi connectivity index (χ4v) is 6.65. The van der Waals surface area contributed by atoms with Crippen LogP contribution in [0.25, 0.3) is 0 Å². The molecule has 0 unspecified atom stereocenters. The van der Waals surface area contributed by atoms with Crippen molar-refractivity contribution in [3.63, 3.8) is 0 Å². The predicted molar refractivity (Wildman–Crippen MR) is 143 cm³/mol. The Balaban J connectivity index is 1.56. The third kappa shape index (κ3) is 6.56. The SMILES string of the molecule is CC(C)(C)CS(=O)(=O)c1cccc(NC(=O)c2ccc(NCCCO)nc2N2CCC3(CC2)CC3)c1. The van der Waals surface area contributed by atoms with Gasteiger partial charge in [0.1, 0.15) is 11.6 Å². The summed E-state index contributed by atoms with van der Waals surface area (Å²) in [6, 6.07) is 9.97. The van der Waals surface area contributed by atoms with Gasteiger partial charge in [-0.1, -0.05) is 26.8 Å². The minimum atomic E-state index is -3.49. The molecule has 0 bridgehead atoms. The number of carbonyl (C=O) groups excluding carboxylic acids is 1. The zero-order valence-electron chi connectivity index (χ0n) is 21.5. The summed E-state index contributed by atoms with van der Waals surface area (Å²) in [4.78, 5) is 20.5. The molecule has 3 N–H and O–H groups in total. The van der Waals surface area contributed by atoms with Gasteiger partial charge in [0.25, 0.3) is 5.91 Å². The van der Waals surface area contributed by atoms with Gasteiger partial charge in [-0.2, -0.15) is 0 Å². The van der Waals surface area contributed by atoms with Crippen molar-refractivity contribution in [1.29, 1.82) is 0 Å². The van der Waals surface area contributed by atoms with Gasteiger partial charge in [-0.15, -0.1) is 0 Å². The number of rotatable bonds is 9. The van der Waals surface area contributed by atoms with Crippen LogP contribution in [-0.2, 0) is 9.84 Å². The summed E-state index contributed by atoms with van der Waals surface area (Å²) >= 11 is 0. The van der Waals surface area contributed by atoms with E-state index in [1.165, 1.54) is 18.9 Å². The van der Waals surface area contributed by atoms with E-state index >= 15 is 0 Å². The van der Waals surface area contributed by atoms with Gasteiger partial charge in [0.2, 0.25) is 0 Å². The Morgan fingerprint density at radius 1 is 1.11 bits per heavy atom. The smallest absolute Gasteiger partial charge is 0.259 e. The van der Waals surface area contributed by atoms with Crippen LogP contribution in [0.2, 0.25) is 0 Å². The summed E-state index contributed by atoms with van der Waals surface area (Å²) in [5.74, 6) is 0.995. The number of hydrogen-bond acceptors (Lipinski definition) is 7. The van der Waals surface area contributed by atoms with Crippen LogP contribution in [-0.4, -0.2) is 56.4 Å². The van der Waals surface area contributed by atoms with Crippen LogP contribution in [0.5, 0.6) is 0 Å². The molecular weight excluding hydrogens is 476 g/mol. The molecule has 0 radical (unpaired) electrons. The first-order chi connectivity index (χ1) is 17.0. The normalized spacial score (nSPS) is 17.2. The van der Waals surface area contributed by atoms with Gasteiger partial charge in [-0.25, -0.2) is 13.4 Å². The number of piperidine rings is 1. The average molecular weight is 515 g/mol. The maximum absolute atomic E-state index is 13.4. The van der Waals surface area contributed by atoms with Gasteiger partial charge >= 0.3 is 0 Å². The Bertz CT molecular complexity index is 1190. The van der Waals surface area contributed by atoms with E-state index in [1.54, 1.807) is 30.3 Å². The molecule has 1 spiro atoms. The number of aliphatic hydroxyl groups excluding tert-OH is 1. The molecule has 1 saturated heterocycles. The highest BCUT2D eigenvalue weighted by Crippen LogP contribution is 2.54. The summed E-state index contributed by atoms with van der Waals surface area (Å²) < 4.78 is 25.7. The van der Waals surface area contributed by atoms with Crippen molar-refractivity contribution in [2.75, 3.05) is 47.5 Å². The second kappa shape index (κ2) is 10.4. The van der Waals surface area contributed by atoms with E-state index in [2.05, 4.69) is 15.5 Å². The molecule has 1 aliphatic carbocycles. The quantitative estimate of drug-likeness (QED) is 0.427. The van der Waals surface area contributed by atoms with E-state index in [9.17, 15) is 13.2 Å². The van der Waals surface area contributed by atoms with E-state index in [0.717, 1.165) is 25.9 Å². The van der Waals surface area contributed by atoms with Gasteiger partial charge in [0.15, 0.2) is 9.84 Å². The Labute approximate surface area is 214 Å². The molecule has 2 heterocycles. The molecule has 2 aromatic rings. The lowest BCUT2D eigenvalue weighted by molar-refractivity contribution is 0.102. The number of sulfone groups is 1. The highest BCUT2D eigenvalue weighted by atomic mass is 32.2. The van der Waals surface area contributed by atoms with Crippen LogP contribution in [0.15, 0.2) is 41.3 Å². The van der Waals surface area contributed by atoms with Crippen molar-refractivity contribution in [3.8, 4) is 0 Å². The molecule has 1 aromatic carbocycles. The molecule has 2 fully saturated rings. The van der Waals surface area contributed by atoms with Gasteiger partial charge in [-0.3, -0.25) is 4.79 Å². The fourth-order valence-electron chi connectivity index (χ4n) is 4.75. The van der Waals surface area contributed by atoms with E-state index in [-0.39, 0.29) is 28.6 Å². The number of anilines is 3. The first-order valence-corrected chi connectivity index (χ1v) is 14.4. The molecule has 196 valence electrons. The Morgan fingerprint density at radius 3 is 2.47 bits per heavy atom. The van der Waals surface area contributed by atoms with Crippen molar-refractivity contribution >= 4 is 33.1 Å². The number of carbonyl (C=O) groups is 1. The number of nitrogens with zero attached hydrogens (tertiary/aromatic N) is 2. The van der Waals surface area contributed by atoms with Gasteiger partial charge in [-0.05, 0) is 73.3 Å². The third-order valence-electron chi connectivity index (χ3n) is 6.92. The first kappa shape index (κ1) is 26.4. The number of aromatic nitrogens is 1. The van der Waals surface area contributed by atoms with Crippen LogP contribution in [0, 0.1) is 10.8 Å². The minimum Gasteiger partial charge on any atom is -0.396 e. The zero-order valence-corrected chi connectivity index (χ0v) is 22.3. The number of hydrogen-bond donors (Lipinski definition) is 3. The second-order valence-electron chi connectivity index (χ2n) is 11.4. The van der Waals surface area contributed by atoms with E-state index < -0.39 is 9.84 Å². The maximum atomic E-state index is 13.4. The van der Waals surface area contributed by atoms with E-state index in [4.69, 9.17) is 10.1 Å². The van der Waals surface area contributed by atoms with Gasteiger partial charge in [0.05, 0.1) is 16.2 Å². The van der Waals surface area contributed by atoms with Crippen molar-refractivity contribution in [1.82, 2.24) is 4.98 Å². The zero-order chi connectivity index (χ0) is 26.0. The summed E-state index contributed by atoms with van der Waals surface area (Å²) in [7, 11) is -3.49. The van der Waals surface area contributed by atoms with E-state index in [0.29, 0.717) is 41.3 Å². The standard InChI is InChI=1S/C27H38N4O4S/c1-26(2,3)19-36(34,35)21-7-4-6-20(18-21)29-25(33)22-8-9-23(28-14-5-17-32)30-24(22)31-15-12-27(10-11-27)13-16-31/h4,6-9,18,32H,5,10-17,19H2,1-3H3,(H,28,30)(H,29,33). The second-order valence-corrected chi connectivity index (χ2v) is 13.3. The lowest BCUT2D eigenvalue weighted by Crippen LogP contribution is -2.36. The monoisotopic (exact) mass is 514 g/mol. The molecule has 36 heavy (non-hydrogen) atoms. The Hall–Kier alpha value is -2.65. The number of nitrogens with one attached hydrogen (secondary N) is 2. The molecule has 0 atom stereocenters. The number of benzene rings is 1. The minimum absolute atomic E-state index is 0.0205. The van der Waals surface area contributed by atoms with Crippen molar-refractivity contribution in [2.45, 2.75) is 57.8 Å². The van der Waals surface area contributed by atoms with Gasteiger partial charge in [0, 0.05) is 31.9 Å². The summed E-state index contributed by atoms with van der Waals surface area (Å²) in [5.41, 5.74) is 1.01. The van der Waals surface area contributed by atoms with E-state index in [1.807, 2.05) is 20.8 Å². The summed E-state index contributed by atoms with van der Waals surface area (Å²) in [5, 5.41) is 15.2. The van der Waals surface area contributed by atoms with Crippen LogP contribution >= 0.6 is 0 Å². The maximum Gasteiger partial charge on any atom is 0.259 e. The van der Waals surface area contributed by atoms with Crippen molar-refractivity contribution < 1.29 is 18.3 Å². The molecule has 2 aliphatic rings. The summed E-state index contributed by atoms with van der Waals surface area (Å²) in [6.45, 7) is 8.06. The van der Waals surface area contributed by atoms with Crippen molar-refractivity contribution in [2.24, 2.45) is 10.8 Å². The third-order valence-corrected chi connectivity index (χ3v) is 9.13. The highest BCUT2D eigenvalue weighted by molar-refractivity contribution is 7.91. The molecular formula is C27H38N4O4S. The first-order valence-electron chi connectivity index (χ1n) is 12.8.